The first-order valence-corrected chi connectivity index (χ1v) is 8.17. The van der Waals surface area contributed by atoms with E-state index < -0.39 is 22.4 Å². The molecule has 120 valence electrons. The summed E-state index contributed by atoms with van der Waals surface area (Å²) in [5, 5.41) is 8.87. The third-order valence-corrected chi connectivity index (χ3v) is 5.42. The molecule has 0 heterocycles. The molecule has 1 aromatic carbocycles. The van der Waals surface area contributed by atoms with Crippen molar-refractivity contribution in [2.24, 2.45) is 0 Å². The molecule has 0 spiro atoms. The number of hydrogen-bond donors (Lipinski definition) is 1. The second kappa shape index (κ2) is 7.51. The topological polar surface area (TPSA) is 66.8 Å². The Bertz CT molecular complexity index is 592. The lowest BCUT2D eigenvalue weighted by Gasteiger charge is -2.26. The number of ether oxygens (including phenoxy) is 1. The Morgan fingerprint density at radius 2 is 2.05 bits per heavy atom. The van der Waals surface area contributed by atoms with E-state index in [0.29, 0.717) is 0 Å². The van der Waals surface area contributed by atoms with Crippen molar-refractivity contribution < 1.29 is 22.7 Å². The van der Waals surface area contributed by atoms with Crippen LogP contribution in [0.2, 0.25) is 5.02 Å². The summed E-state index contributed by atoms with van der Waals surface area (Å²) in [7, 11) is -2.43. The van der Waals surface area contributed by atoms with E-state index in [1.165, 1.54) is 17.5 Å². The molecule has 0 atom stereocenters. The molecule has 0 radical (unpaired) electrons. The molecule has 0 unspecified atom stereocenters. The summed E-state index contributed by atoms with van der Waals surface area (Å²) in [6, 6.07) is 1.73. The maximum Gasteiger partial charge on any atom is 0.243 e. The second-order valence-electron chi connectivity index (χ2n) is 4.74. The molecule has 1 aromatic rings. The van der Waals surface area contributed by atoms with Gasteiger partial charge in [0.25, 0.3) is 0 Å². The summed E-state index contributed by atoms with van der Waals surface area (Å²) in [5.74, 6) is -0.878. The lowest BCUT2D eigenvalue weighted by molar-refractivity contribution is 0.171. The van der Waals surface area contributed by atoms with Crippen LogP contribution in [0.4, 0.5) is 4.39 Å². The van der Waals surface area contributed by atoms with E-state index in [1.54, 1.807) is 13.8 Å². The molecule has 0 amide bonds. The zero-order valence-electron chi connectivity index (χ0n) is 12.1. The first-order valence-electron chi connectivity index (χ1n) is 6.35. The van der Waals surface area contributed by atoms with Crippen molar-refractivity contribution in [1.82, 2.24) is 4.31 Å². The molecule has 0 fully saturated rings. The van der Waals surface area contributed by atoms with E-state index in [-0.39, 0.29) is 34.7 Å². The van der Waals surface area contributed by atoms with E-state index in [4.69, 9.17) is 21.4 Å². The number of methoxy groups -OCH3 is 1. The standard InChI is InChI=1S/C13H19ClFNO4S/c1-9(2)16(4-5-20-3)21(18,19)11-6-10(8-17)13(14)12(15)7-11/h6-7,9,17H,4-5,8H2,1-3H3. The van der Waals surface area contributed by atoms with E-state index in [0.717, 1.165) is 6.07 Å². The minimum absolute atomic E-state index is 0.0330. The normalized spacial score (nSPS) is 12.4. The first-order chi connectivity index (χ1) is 9.75. The minimum Gasteiger partial charge on any atom is -0.392 e. The Morgan fingerprint density at radius 1 is 1.43 bits per heavy atom. The zero-order valence-corrected chi connectivity index (χ0v) is 13.7. The predicted molar refractivity (Wildman–Crippen MR) is 78.2 cm³/mol. The van der Waals surface area contributed by atoms with Crippen LogP contribution in [0.5, 0.6) is 0 Å². The Hall–Kier alpha value is -0.730. The van der Waals surface area contributed by atoms with Crippen LogP contribution in [0.3, 0.4) is 0 Å². The molecule has 1 N–H and O–H groups in total. The Morgan fingerprint density at radius 3 is 2.52 bits per heavy atom. The smallest absolute Gasteiger partial charge is 0.243 e. The fourth-order valence-electron chi connectivity index (χ4n) is 1.85. The number of sulfonamides is 1. The van der Waals surface area contributed by atoms with Gasteiger partial charge < -0.3 is 9.84 Å². The van der Waals surface area contributed by atoms with Gasteiger partial charge in [-0.3, -0.25) is 0 Å². The Kier molecular flexibility index (Phi) is 6.55. The molecule has 1 rings (SSSR count). The molecule has 5 nitrogen and oxygen atoms in total. The van der Waals surface area contributed by atoms with Crippen molar-refractivity contribution in [3.05, 3.63) is 28.5 Å². The molecule has 0 aromatic heterocycles. The molecule has 8 heteroatoms. The molecule has 0 aliphatic carbocycles. The fraction of sp³-hybridized carbons (Fsp3) is 0.538. The maximum absolute atomic E-state index is 13.7. The number of halogens is 2. The largest absolute Gasteiger partial charge is 0.392 e. The van der Waals surface area contributed by atoms with Crippen molar-refractivity contribution >= 4 is 21.6 Å². The summed E-state index contributed by atoms with van der Waals surface area (Å²) in [5.41, 5.74) is 0.0330. The molecule has 0 aliphatic heterocycles. The van der Waals surface area contributed by atoms with Crippen molar-refractivity contribution in [2.45, 2.75) is 31.4 Å². The van der Waals surface area contributed by atoms with Crippen LogP contribution in [0.15, 0.2) is 17.0 Å². The summed E-state index contributed by atoms with van der Waals surface area (Å²) < 4.78 is 45.0. The number of aliphatic hydroxyl groups excluding tert-OH is 1. The fourth-order valence-corrected chi connectivity index (χ4v) is 3.71. The minimum atomic E-state index is -3.90. The van der Waals surface area contributed by atoms with Gasteiger partial charge in [0.2, 0.25) is 10.0 Å². The van der Waals surface area contributed by atoms with E-state index >= 15 is 0 Å². The molecule has 0 saturated heterocycles. The molecule has 21 heavy (non-hydrogen) atoms. The van der Waals surface area contributed by atoms with Gasteiger partial charge in [-0.05, 0) is 26.0 Å². The van der Waals surface area contributed by atoms with E-state index in [2.05, 4.69) is 0 Å². The Labute approximate surface area is 129 Å². The monoisotopic (exact) mass is 339 g/mol. The highest BCUT2D eigenvalue weighted by atomic mass is 35.5. The highest BCUT2D eigenvalue weighted by molar-refractivity contribution is 7.89. The number of rotatable bonds is 7. The second-order valence-corrected chi connectivity index (χ2v) is 7.01. The Balaban J connectivity index is 3.31. The van der Waals surface area contributed by atoms with Crippen LogP contribution >= 0.6 is 11.6 Å². The summed E-state index contributed by atoms with van der Waals surface area (Å²) in [4.78, 5) is -0.238. The van der Waals surface area contributed by atoms with Crippen LogP contribution in [0, 0.1) is 5.82 Å². The number of aliphatic hydroxyl groups is 1. The van der Waals surface area contributed by atoms with Gasteiger partial charge in [0.15, 0.2) is 0 Å². The van der Waals surface area contributed by atoms with Gasteiger partial charge in [0, 0.05) is 25.3 Å². The van der Waals surface area contributed by atoms with Crippen LogP contribution < -0.4 is 0 Å². The molecular weight excluding hydrogens is 321 g/mol. The number of hydrogen-bond acceptors (Lipinski definition) is 4. The highest BCUT2D eigenvalue weighted by Crippen LogP contribution is 2.27. The van der Waals surface area contributed by atoms with Gasteiger partial charge in [-0.15, -0.1) is 0 Å². The third kappa shape index (κ3) is 4.14. The van der Waals surface area contributed by atoms with Gasteiger partial charge in [-0.1, -0.05) is 11.6 Å². The molecule has 0 saturated carbocycles. The van der Waals surface area contributed by atoms with Gasteiger partial charge >= 0.3 is 0 Å². The lowest BCUT2D eigenvalue weighted by Crippen LogP contribution is -2.39. The van der Waals surface area contributed by atoms with Crippen molar-refractivity contribution in [1.29, 1.82) is 0 Å². The number of nitrogens with zero attached hydrogens (tertiary/aromatic N) is 1. The SMILES string of the molecule is COCCN(C(C)C)S(=O)(=O)c1cc(F)c(Cl)c(CO)c1. The quantitative estimate of drug-likeness (QED) is 0.825. The van der Waals surface area contributed by atoms with Crippen LogP contribution in [0.25, 0.3) is 0 Å². The van der Waals surface area contributed by atoms with Gasteiger partial charge in [0.1, 0.15) is 5.82 Å². The highest BCUT2D eigenvalue weighted by Gasteiger charge is 2.28. The van der Waals surface area contributed by atoms with Crippen LogP contribution in [0.1, 0.15) is 19.4 Å². The third-order valence-electron chi connectivity index (χ3n) is 2.95. The molecule has 0 bridgehead atoms. The summed E-state index contributed by atoms with van der Waals surface area (Å²) >= 11 is 5.68. The van der Waals surface area contributed by atoms with Gasteiger partial charge in [-0.2, -0.15) is 4.31 Å². The molecule has 0 aliphatic rings. The van der Waals surface area contributed by atoms with Crippen molar-refractivity contribution in [3.8, 4) is 0 Å². The maximum atomic E-state index is 13.7. The van der Waals surface area contributed by atoms with Crippen molar-refractivity contribution in [3.63, 3.8) is 0 Å². The predicted octanol–water partition coefficient (Wildman–Crippen LogP) is 2.02. The van der Waals surface area contributed by atoms with Crippen LogP contribution in [-0.4, -0.2) is 44.1 Å². The summed E-state index contributed by atoms with van der Waals surface area (Å²) in [6.07, 6.45) is 0. The lowest BCUT2D eigenvalue weighted by atomic mass is 10.2. The number of benzene rings is 1. The van der Waals surface area contributed by atoms with E-state index in [9.17, 15) is 12.8 Å². The van der Waals surface area contributed by atoms with Crippen molar-refractivity contribution in [2.75, 3.05) is 20.3 Å². The van der Waals surface area contributed by atoms with E-state index in [1.807, 2.05) is 0 Å². The van der Waals surface area contributed by atoms with Gasteiger partial charge in [-0.25, -0.2) is 12.8 Å². The van der Waals surface area contributed by atoms with Crippen LogP contribution in [-0.2, 0) is 21.4 Å². The average molecular weight is 340 g/mol. The summed E-state index contributed by atoms with van der Waals surface area (Å²) in [6.45, 7) is 3.26. The first kappa shape index (κ1) is 18.3. The average Bonchev–Trinajstić information content (AvgIpc) is 2.41. The molecular formula is C13H19ClFNO4S. The van der Waals surface area contributed by atoms with Gasteiger partial charge in [0.05, 0.1) is 23.1 Å². The zero-order chi connectivity index (χ0) is 16.2.